The topological polar surface area (TPSA) is 29.5 Å². The molecule has 0 fully saturated rings. The maximum absolute atomic E-state index is 12.8. The van der Waals surface area contributed by atoms with E-state index in [-0.39, 0.29) is 11.9 Å². The lowest BCUT2D eigenvalue weighted by Gasteiger charge is -2.26. The summed E-state index contributed by atoms with van der Waals surface area (Å²) in [6.45, 7) is 0. The van der Waals surface area contributed by atoms with E-state index in [1.165, 1.54) is 11.1 Å². The smallest absolute Gasteiger partial charge is 0.257 e. The van der Waals surface area contributed by atoms with Gasteiger partial charge >= 0.3 is 0 Å². The van der Waals surface area contributed by atoms with Crippen molar-refractivity contribution < 1.29 is 9.53 Å². The summed E-state index contributed by atoms with van der Waals surface area (Å²) in [6, 6.07) is 15.9. The van der Waals surface area contributed by atoms with E-state index in [9.17, 15) is 4.79 Å². The van der Waals surface area contributed by atoms with E-state index in [2.05, 4.69) is 18.2 Å². The average Bonchev–Trinajstić information content (AvgIpc) is 2.97. The summed E-state index contributed by atoms with van der Waals surface area (Å²) in [5.41, 5.74) is 3.23. The van der Waals surface area contributed by atoms with Gasteiger partial charge in [-0.05, 0) is 36.1 Å². The third kappa shape index (κ3) is 2.40. The second-order valence-corrected chi connectivity index (χ2v) is 5.37. The van der Waals surface area contributed by atoms with E-state index in [0.29, 0.717) is 11.3 Å². The molecule has 2 aromatic rings. The maximum Gasteiger partial charge on any atom is 0.257 e. The van der Waals surface area contributed by atoms with Gasteiger partial charge in [-0.1, -0.05) is 36.4 Å². The first kappa shape index (κ1) is 13.7. The van der Waals surface area contributed by atoms with Crippen LogP contribution in [0.5, 0.6) is 5.75 Å². The number of carbonyl (C=O) groups excluding carboxylic acids is 1. The lowest BCUT2D eigenvalue weighted by molar-refractivity contribution is 0.0727. The van der Waals surface area contributed by atoms with Crippen molar-refractivity contribution >= 4 is 5.91 Å². The molecule has 1 unspecified atom stereocenters. The fourth-order valence-corrected chi connectivity index (χ4v) is 3.09. The molecular weight excluding hydrogens is 262 g/mol. The summed E-state index contributed by atoms with van der Waals surface area (Å²) in [7, 11) is 3.47. The summed E-state index contributed by atoms with van der Waals surface area (Å²) in [6.07, 6.45) is 2.02. The van der Waals surface area contributed by atoms with Crippen LogP contribution >= 0.6 is 0 Å². The molecule has 3 rings (SSSR count). The van der Waals surface area contributed by atoms with Crippen LogP contribution in [0.1, 0.15) is 33.9 Å². The van der Waals surface area contributed by atoms with Gasteiger partial charge in [0.1, 0.15) is 5.75 Å². The summed E-state index contributed by atoms with van der Waals surface area (Å²) in [5.74, 6) is 0.634. The standard InChI is InChI=1S/C18H19NO2/c1-19(16-12-11-13-7-3-4-8-14(13)16)18(20)15-9-5-6-10-17(15)21-2/h3-10,16H,11-12H2,1-2H3. The largest absolute Gasteiger partial charge is 0.496 e. The van der Waals surface area contributed by atoms with Crippen LogP contribution in [0.2, 0.25) is 0 Å². The zero-order valence-corrected chi connectivity index (χ0v) is 12.4. The van der Waals surface area contributed by atoms with Gasteiger partial charge in [0.15, 0.2) is 0 Å². The predicted molar refractivity (Wildman–Crippen MR) is 82.6 cm³/mol. The number of hydrogen-bond acceptors (Lipinski definition) is 2. The van der Waals surface area contributed by atoms with Gasteiger partial charge in [-0.3, -0.25) is 4.79 Å². The highest BCUT2D eigenvalue weighted by atomic mass is 16.5. The molecule has 0 N–H and O–H groups in total. The zero-order chi connectivity index (χ0) is 14.8. The molecule has 0 spiro atoms. The number of para-hydroxylation sites is 1. The SMILES string of the molecule is COc1ccccc1C(=O)N(C)C1CCc2ccccc21. The van der Waals surface area contributed by atoms with Gasteiger partial charge in [0.05, 0.1) is 18.7 Å². The Labute approximate surface area is 125 Å². The van der Waals surface area contributed by atoms with Crippen LogP contribution in [0.4, 0.5) is 0 Å². The number of hydrogen-bond donors (Lipinski definition) is 0. The average molecular weight is 281 g/mol. The van der Waals surface area contributed by atoms with Gasteiger partial charge in [-0.25, -0.2) is 0 Å². The van der Waals surface area contributed by atoms with E-state index >= 15 is 0 Å². The van der Waals surface area contributed by atoms with Crippen molar-refractivity contribution in [3.05, 3.63) is 65.2 Å². The normalized spacial score (nSPS) is 16.4. The molecule has 0 radical (unpaired) electrons. The highest BCUT2D eigenvalue weighted by molar-refractivity contribution is 5.97. The number of aryl methyl sites for hydroxylation is 1. The van der Waals surface area contributed by atoms with Gasteiger partial charge in [0.2, 0.25) is 0 Å². The number of benzene rings is 2. The summed E-state index contributed by atoms with van der Waals surface area (Å²) < 4.78 is 5.30. The number of rotatable bonds is 3. The van der Waals surface area contributed by atoms with Gasteiger partial charge in [0.25, 0.3) is 5.91 Å². The predicted octanol–water partition coefficient (Wildman–Crippen LogP) is 3.45. The summed E-state index contributed by atoms with van der Waals surface area (Å²) in [4.78, 5) is 14.6. The lowest BCUT2D eigenvalue weighted by atomic mass is 10.1. The Morgan fingerprint density at radius 2 is 1.86 bits per heavy atom. The minimum Gasteiger partial charge on any atom is -0.496 e. The Morgan fingerprint density at radius 3 is 2.67 bits per heavy atom. The lowest BCUT2D eigenvalue weighted by Crippen LogP contribution is -2.30. The third-order valence-corrected chi connectivity index (χ3v) is 4.23. The molecule has 2 aromatic carbocycles. The summed E-state index contributed by atoms with van der Waals surface area (Å²) in [5, 5.41) is 0. The molecule has 1 aliphatic carbocycles. The van der Waals surface area contributed by atoms with Gasteiger partial charge in [-0.2, -0.15) is 0 Å². The Morgan fingerprint density at radius 1 is 1.14 bits per heavy atom. The molecule has 3 heteroatoms. The van der Waals surface area contributed by atoms with Crippen molar-refractivity contribution in [2.45, 2.75) is 18.9 Å². The van der Waals surface area contributed by atoms with E-state index in [1.807, 2.05) is 42.3 Å². The number of fused-ring (bicyclic) bond motifs is 1. The summed E-state index contributed by atoms with van der Waals surface area (Å²) >= 11 is 0. The number of methoxy groups -OCH3 is 1. The molecule has 0 aromatic heterocycles. The third-order valence-electron chi connectivity index (χ3n) is 4.23. The second kappa shape index (κ2) is 5.60. The van der Waals surface area contributed by atoms with Crippen molar-refractivity contribution in [3.63, 3.8) is 0 Å². The molecule has 3 nitrogen and oxygen atoms in total. The monoisotopic (exact) mass is 281 g/mol. The Balaban J connectivity index is 1.89. The molecule has 1 amide bonds. The van der Waals surface area contributed by atoms with E-state index < -0.39 is 0 Å². The molecule has 0 bridgehead atoms. The van der Waals surface area contributed by atoms with Crippen LogP contribution in [0.3, 0.4) is 0 Å². The number of amides is 1. The fraction of sp³-hybridized carbons (Fsp3) is 0.278. The van der Waals surface area contributed by atoms with Crippen LogP contribution < -0.4 is 4.74 Å². The van der Waals surface area contributed by atoms with Crippen LogP contribution in [-0.2, 0) is 6.42 Å². The van der Waals surface area contributed by atoms with Gasteiger partial charge in [0, 0.05) is 7.05 Å². The van der Waals surface area contributed by atoms with E-state index in [1.54, 1.807) is 7.11 Å². The van der Waals surface area contributed by atoms with Crippen molar-refractivity contribution in [1.29, 1.82) is 0 Å². The van der Waals surface area contributed by atoms with Crippen molar-refractivity contribution in [2.75, 3.05) is 14.2 Å². The zero-order valence-electron chi connectivity index (χ0n) is 12.4. The fourth-order valence-electron chi connectivity index (χ4n) is 3.09. The molecule has 1 aliphatic rings. The highest BCUT2D eigenvalue weighted by Gasteiger charge is 2.29. The minimum absolute atomic E-state index is 0.00848. The van der Waals surface area contributed by atoms with Crippen molar-refractivity contribution in [1.82, 2.24) is 4.90 Å². The number of carbonyl (C=O) groups is 1. The van der Waals surface area contributed by atoms with Crippen LogP contribution in [-0.4, -0.2) is 25.0 Å². The Kier molecular flexibility index (Phi) is 3.65. The highest BCUT2D eigenvalue weighted by Crippen LogP contribution is 2.36. The molecular formula is C18H19NO2. The quantitative estimate of drug-likeness (QED) is 0.862. The van der Waals surface area contributed by atoms with Gasteiger partial charge < -0.3 is 9.64 Å². The maximum atomic E-state index is 12.8. The molecule has 0 heterocycles. The first-order valence-corrected chi connectivity index (χ1v) is 7.20. The number of ether oxygens (including phenoxy) is 1. The Bertz CT molecular complexity index is 666. The van der Waals surface area contributed by atoms with E-state index in [0.717, 1.165) is 12.8 Å². The van der Waals surface area contributed by atoms with Crippen LogP contribution in [0.15, 0.2) is 48.5 Å². The van der Waals surface area contributed by atoms with Crippen LogP contribution in [0.25, 0.3) is 0 Å². The number of nitrogens with zero attached hydrogens (tertiary/aromatic N) is 1. The minimum atomic E-state index is 0.00848. The van der Waals surface area contributed by atoms with Crippen LogP contribution in [0, 0.1) is 0 Å². The van der Waals surface area contributed by atoms with Crippen molar-refractivity contribution in [3.8, 4) is 5.75 Å². The first-order valence-electron chi connectivity index (χ1n) is 7.20. The molecule has 1 atom stereocenters. The van der Waals surface area contributed by atoms with E-state index in [4.69, 9.17) is 4.74 Å². The first-order chi connectivity index (χ1) is 10.2. The second-order valence-electron chi connectivity index (χ2n) is 5.37. The van der Waals surface area contributed by atoms with Gasteiger partial charge in [-0.15, -0.1) is 0 Å². The molecule has 108 valence electrons. The molecule has 0 aliphatic heterocycles. The molecule has 0 saturated heterocycles. The molecule has 0 saturated carbocycles. The van der Waals surface area contributed by atoms with Crippen molar-refractivity contribution in [2.24, 2.45) is 0 Å². The Hall–Kier alpha value is -2.29. The molecule has 21 heavy (non-hydrogen) atoms.